The lowest BCUT2D eigenvalue weighted by Gasteiger charge is -2.25. The molecule has 206 valence electrons. The van der Waals surface area contributed by atoms with Gasteiger partial charge in [0.25, 0.3) is 0 Å². The van der Waals surface area contributed by atoms with Gasteiger partial charge in [-0.25, -0.2) is 8.78 Å². The van der Waals surface area contributed by atoms with Crippen molar-refractivity contribution in [1.29, 1.82) is 0 Å². The molecular weight excluding hydrogens is 494 g/mol. The Labute approximate surface area is 222 Å². The van der Waals surface area contributed by atoms with E-state index in [0.717, 1.165) is 43.7 Å². The highest BCUT2D eigenvalue weighted by molar-refractivity contribution is 7.85. The van der Waals surface area contributed by atoms with Gasteiger partial charge in [-0.15, -0.1) is 0 Å². The maximum Gasteiger partial charge on any atom is 0.221 e. The van der Waals surface area contributed by atoms with Crippen molar-refractivity contribution in [2.24, 2.45) is 0 Å². The topological polar surface area (TPSA) is 78.4 Å². The third-order valence-corrected chi connectivity index (χ3v) is 8.22. The van der Waals surface area contributed by atoms with Crippen molar-refractivity contribution in [3.8, 4) is 0 Å². The number of amides is 1. The number of carbonyl (C=O) groups is 1. The Hall–Kier alpha value is -2.16. The Morgan fingerprint density at radius 2 is 1.62 bits per heavy atom. The van der Waals surface area contributed by atoms with Crippen molar-refractivity contribution in [2.75, 3.05) is 12.3 Å². The summed E-state index contributed by atoms with van der Waals surface area (Å²) in [6.07, 6.45) is 3.66. The second-order valence-corrected chi connectivity index (χ2v) is 11.4. The van der Waals surface area contributed by atoms with E-state index < -0.39 is 34.6 Å². The SMILES string of the molecule is CCCC(CCC)S(=O)CCC(=O)N[C@@H](Cc1cc(F)cc(F)c1)[C@H](O)CNCc1cccc(CC)c1. The lowest BCUT2D eigenvalue weighted by molar-refractivity contribution is -0.122. The molecule has 37 heavy (non-hydrogen) atoms. The van der Waals surface area contributed by atoms with Crippen molar-refractivity contribution in [3.05, 3.63) is 70.8 Å². The van der Waals surface area contributed by atoms with Crippen LogP contribution in [0.4, 0.5) is 8.78 Å². The summed E-state index contributed by atoms with van der Waals surface area (Å²) in [4.78, 5) is 12.8. The Bertz CT molecular complexity index is 979. The number of rotatable bonds is 17. The first-order chi connectivity index (χ1) is 17.7. The standard InChI is InChI=1S/C29H42F2N2O3S/c1-4-8-26(9-5-2)37(36)13-12-29(35)33-27(17-23-15-24(30)18-25(31)16-23)28(34)20-32-19-22-11-7-10-21(6-3)14-22/h7,10-11,14-16,18,26-28,32,34H,4-6,8-9,12-13,17,19-20H2,1-3H3,(H,33,35)/t27-,28+,37?/m0/s1. The average Bonchev–Trinajstić information content (AvgIpc) is 2.86. The van der Waals surface area contributed by atoms with Gasteiger partial charge in [0, 0.05) is 47.4 Å². The van der Waals surface area contributed by atoms with Crippen LogP contribution in [0.15, 0.2) is 42.5 Å². The number of hydrogen-bond acceptors (Lipinski definition) is 4. The molecule has 0 aliphatic carbocycles. The molecule has 0 aliphatic rings. The molecule has 0 heterocycles. The van der Waals surface area contributed by atoms with E-state index in [1.54, 1.807) is 0 Å². The monoisotopic (exact) mass is 536 g/mol. The van der Waals surface area contributed by atoms with Gasteiger partial charge in [-0.2, -0.15) is 0 Å². The molecule has 5 nitrogen and oxygen atoms in total. The van der Waals surface area contributed by atoms with Gasteiger partial charge in [-0.1, -0.05) is 57.9 Å². The highest BCUT2D eigenvalue weighted by atomic mass is 32.2. The maximum absolute atomic E-state index is 13.8. The van der Waals surface area contributed by atoms with Crippen LogP contribution >= 0.6 is 0 Å². The van der Waals surface area contributed by atoms with Crippen LogP contribution in [-0.2, 0) is 35.0 Å². The number of benzene rings is 2. The fourth-order valence-corrected chi connectivity index (χ4v) is 6.14. The number of halogens is 2. The first-order valence-corrected chi connectivity index (χ1v) is 14.7. The maximum atomic E-state index is 13.8. The summed E-state index contributed by atoms with van der Waals surface area (Å²) in [5, 5.41) is 17.0. The second kappa shape index (κ2) is 16.6. The van der Waals surface area contributed by atoms with E-state index in [9.17, 15) is 22.9 Å². The van der Waals surface area contributed by atoms with Crippen LogP contribution in [0, 0.1) is 11.6 Å². The Kier molecular flexibility index (Phi) is 14.0. The van der Waals surface area contributed by atoms with Crippen molar-refractivity contribution in [2.45, 2.75) is 89.7 Å². The predicted molar refractivity (Wildman–Crippen MR) is 147 cm³/mol. The van der Waals surface area contributed by atoms with E-state index in [4.69, 9.17) is 0 Å². The molecular formula is C29H42F2N2O3S. The molecule has 2 aromatic rings. The summed E-state index contributed by atoms with van der Waals surface area (Å²) in [6, 6.07) is 10.6. The highest BCUT2D eigenvalue weighted by Crippen LogP contribution is 2.15. The molecule has 1 amide bonds. The first-order valence-electron chi connectivity index (χ1n) is 13.3. The molecule has 2 aromatic carbocycles. The smallest absolute Gasteiger partial charge is 0.221 e. The van der Waals surface area contributed by atoms with E-state index in [-0.39, 0.29) is 36.3 Å². The molecule has 3 atom stereocenters. The van der Waals surface area contributed by atoms with Gasteiger partial charge in [-0.3, -0.25) is 9.00 Å². The third kappa shape index (κ3) is 11.4. The Balaban J connectivity index is 2.02. The molecule has 0 radical (unpaired) electrons. The minimum absolute atomic E-state index is 0.0615. The summed E-state index contributed by atoms with van der Waals surface area (Å²) in [5.41, 5.74) is 2.64. The number of nitrogens with one attached hydrogen (secondary N) is 2. The van der Waals surface area contributed by atoms with Crippen LogP contribution in [0.1, 0.15) is 69.6 Å². The van der Waals surface area contributed by atoms with Crippen molar-refractivity contribution in [3.63, 3.8) is 0 Å². The Morgan fingerprint density at radius 3 is 2.24 bits per heavy atom. The van der Waals surface area contributed by atoms with Crippen LogP contribution in [0.3, 0.4) is 0 Å². The van der Waals surface area contributed by atoms with E-state index >= 15 is 0 Å². The van der Waals surface area contributed by atoms with E-state index in [1.807, 2.05) is 12.1 Å². The largest absolute Gasteiger partial charge is 0.390 e. The molecule has 2 rings (SSSR count). The third-order valence-electron chi connectivity index (χ3n) is 6.39. The van der Waals surface area contributed by atoms with Gasteiger partial charge >= 0.3 is 0 Å². The van der Waals surface area contributed by atoms with Gasteiger partial charge in [0.15, 0.2) is 0 Å². The average molecular weight is 537 g/mol. The van der Waals surface area contributed by atoms with Gasteiger partial charge in [-0.05, 0) is 54.5 Å². The van der Waals surface area contributed by atoms with Crippen molar-refractivity contribution < 1.29 is 22.9 Å². The van der Waals surface area contributed by atoms with Crippen LogP contribution in [-0.4, -0.2) is 44.9 Å². The molecule has 0 saturated carbocycles. The lowest BCUT2D eigenvalue weighted by Crippen LogP contribution is -2.49. The van der Waals surface area contributed by atoms with Crippen LogP contribution < -0.4 is 10.6 Å². The van der Waals surface area contributed by atoms with Gasteiger partial charge < -0.3 is 15.7 Å². The molecule has 0 aliphatic heterocycles. The van der Waals surface area contributed by atoms with Gasteiger partial charge in [0.2, 0.25) is 5.91 Å². The van der Waals surface area contributed by atoms with E-state index in [1.165, 1.54) is 17.7 Å². The number of hydrogen-bond donors (Lipinski definition) is 3. The van der Waals surface area contributed by atoms with Gasteiger partial charge in [0.1, 0.15) is 11.6 Å². The molecule has 0 saturated heterocycles. The molecule has 0 aromatic heterocycles. The summed E-state index contributed by atoms with van der Waals surface area (Å²) in [7, 11) is -1.11. The number of aliphatic hydroxyl groups is 1. The van der Waals surface area contributed by atoms with Gasteiger partial charge in [0.05, 0.1) is 12.1 Å². The summed E-state index contributed by atoms with van der Waals surface area (Å²) >= 11 is 0. The summed E-state index contributed by atoms with van der Waals surface area (Å²) in [5.74, 6) is -1.51. The first kappa shape index (κ1) is 31.1. The normalized spacial score (nSPS) is 13.9. The van der Waals surface area contributed by atoms with Crippen LogP contribution in [0.5, 0.6) is 0 Å². The molecule has 0 bridgehead atoms. The zero-order chi connectivity index (χ0) is 27.2. The Morgan fingerprint density at radius 1 is 0.973 bits per heavy atom. The zero-order valence-electron chi connectivity index (χ0n) is 22.3. The van der Waals surface area contributed by atoms with Crippen LogP contribution in [0.25, 0.3) is 0 Å². The quantitative estimate of drug-likeness (QED) is 0.271. The van der Waals surface area contributed by atoms with E-state index in [2.05, 4.69) is 43.5 Å². The number of aryl methyl sites for hydroxylation is 1. The molecule has 1 unspecified atom stereocenters. The summed E-state index contributed by atoms with van der Waals surface area (Å²) < 4.78 is 40.3. The lowest BCUT2D eigenvalue weighted by atomic mass is 10.00. The number of aliphatic hydroxyl groups excluding tert-OH is 1. The molecule has 8 heteroatoms. The molecule has 0 fully saturated rings. The minimum Gasteiger partial charge on any atom is -0.390 e. The van der Waals surface area contributed by atoms with E-state index in [0.29, 0.717) is 12.1 Å². The second-order valence-electron chi connectivity index (χ2n) is 9.56. The predicted octanol–water partition coefficient (Wildman–Crippen LogP) is 4.81. The van der Waals surface area contributed by atoms with Crippen molar-refractivity contribution >= 4 is 16.7 Å². The number of carbonyl (C=O) groups excluding carboxylic acids is 1. The fourth-order valence-electron chi connectivity index (χ4n) is 4.42. The molecule has 0 spiro atoms. The molecule has 3 N–H and O–H groups in total. The highest BCUT2D eigenvalue weighted by Gasteiger charge is 2.23. The van der Waals surface area contributed by atoms with Crippen molar-refractivity contribution in [1.82, 2.24) is 10.6 Å². The summed E-state index contributed by atoms with van der Waals surface area (Å²) in [6.45, 7) is 6.92. The minimum atomic E-state index is -1.11. The van der Waals surface area contributed by atoms with Crippen LogP contribution in [0.2, 0.25) is 0 Å². The fraction of sp³-hybridized carbons (Fsp3) is 0.552. The zero-order valence-corrected chi connectivity index (χ0v) is 23.1.